The Hall–Kier alpha value is -1.91. The average molecular weight is 435 g/mol. The number of epoxide rings is 1. The van der Waals surface area contributed by atoms with E-state index in [9.17, 15) is 9.90 Å². The molecule has 2 unspecified atom stereocenters. The first kappa shape index (κ1) is 20.7. The van der Waals surface area contributed by atoms with Gasteiger partial charge in [0.1, 0.15) is 18.0 Å². The Morgan fingerprint density at radius 1 is 1.16 bits per heavy atom. The van der Waals surface area contributed by atoms with Gasteiger partial charge in [0.15, 0.2) is 5.78 Å². The van der Waals surface area contributed by atoms with Crippen LogP contribution in [0.15, 0.2) is 53.6 Å². The molecule has 7 atom stereocenters. The highest BCUT2D eigenvalue weighted by molar-refractivity contribution is 5.92. The van der Waals surface area contributed by atoms with Gasteiger partial charge >= 0.3 is 0 Å². The summed E-state index contributed by atoms with van der Waals surface area (Å²) in [6.07, 6.45) is 9.79. The Bertz CT molecular complexity index is 1020. The van der Waals surface area contributed by atoms with Crippen molar-refractivity contribution in [2.45, 2.75) is 70.7 Å². The van der Waals surface area contributed by atoms with E-state index in [4.69, 9.17) is 9.47 Å². The Balaban J connectivity index is 1.39. The number of carbonyl (C=O) groups is 1. The molecule has 1 saturated heterocycles. The molecule has 1 aliphatic heterocycles. The van der Waals surface area contributed by atoms with Gasteiger partial charge in [0, 0.05) is 17.3 Å². The van der Waals surface area contributed by atoms with Gasteiger partial charge in [0.05, 0.1) is 0 Å². The fraction of sp³-hybridized carbons (Fsp3) is 0.607. The van der Waals surface area contributed by atoms with Crippen LogP contribution in [0.25, 0.3) is 0 Å². The van der Waals surface area contributed by atoms with Crippen LogP contribution in [0, 0.1) is 28.6 Å². The molecular formula is C28H34O4. The van der Waals surface area contributed by atoms with Crippen LogP contribution >= 0.6 is 0 Å². The van der Waals surface area contributed by atoms with Crippen molar-refractivity contribution in [1.29, 1.82) is 0 Å². The lowest BCUT2D eigenvalue weighted by molar-refractivity contribution is -0.208. The average Bonchev–Trinajstić information content (AvgIpc) is 3.52. The number of allylic oxidation sites excluding steroid dienone is 4. The predicted molar refractivity (Wildman–Crippen MR) is 122 cm³/mol. The molecule has 1 aromatic carbocycles. The smallest absolute Gasteiger partial charge is 0.264 e. The SMILES string of the molecule is CC1C[C@H]2[C@@H]3CCC4=CC(=O)CC[C@]4(C)C3=CC[C@]2(C)[C@@]1(O)C1(Oc2ccccc2)CO1. The summed E-state index contributed by atoms with van der Waals surface area (Å²) in [5.74, 6) is 0.980. The lowest BCUT2D eigenvalue weighted by Gasteiger charge is -2.55. The lowest BCUT2D eigenvalue weighted by Crippen LogP contribution is -2.62. The fourth-order valence-corrected chi connectivity index (χ4v) is 8.11. The number of ketones is 1. The standard InChI is InChI=1S/C28H34O4/c1-18-15-24-22-10-9-19-16-20(29)11-13-25(19,2)23(22)12-14-26(24,3)28(18,30)27(17-31-27)32-21-7-5-4-6-8-21/h4-8,12,16,18,22,24,30H,9-11,13-15,17H2,1-3H3/t18?,22-,24+,25+,26+,27?,28-/m1/s1. The minimum Gasteiger partial charge on any atom is -0.457 e. The zero-order chi connectivity index (χ0) is 22.4. The molecule has 4 aliphatic carbocycles. The van der Waals surface area contributed by atoms with Crippen LogP contribution in [0.4, 0.5) is 0 Å². The number of rotatable bonds is 3. The molecule has 32 heavy (non-hydrogen) atoms. The summed E-state index contributed by atoms with van der Waals surface area (Å²) in [4.78, 5) is 12.1. The summed E-state index contributed by atoms with van der Waals surface area (Å²) in [6, 6.07) is 9.75. The molecule has 5 aliphatic rings. The van der Waals surface area contributed by atoms with Gasteiger partial charge < -0.3 is 14.6 Å². The van der Waals surface area contributed by atoms with Gasteiger partial charge in [-0.2, -0.15) is 0 Å². The normalized spacial score (nSPS) is 47.0. The van der Waals surface area contributed by atoms with E-state index in [1.54, 1.807) is 0 Å². The number of aliphatic hydroxyl groups is 1. The molecule has 1 aromatic rings. The number of ether oxygens (including phenoxy) is 2. The highest BCUT2D eigenvalue weighted by Crippen LogP contribution is 2.70. The maximum absolute atomic E-state index is 12.5. The van der Waals surface area contributed by atoms with Crippen molar-refractivity contribution in [3.63, 3.8) is 0 Å². The van der Waals surface area contributed by atoms with E-state index in [-0.39, 0.29) is 22.5 Å². The second-order valence-electron chi connectivity index (χ2n) is 11.4. The summed E-state index contributed by atoms with van der Waals surface area (Å²) in [6.45, 7) is 7.22. The van der Waals surface area contributed by atoms with Crippen molar-refractivity contribution >= 4 is 5.78 Å². The van der Waals surface area contributed by atoms with E-state index in [2.05, 4.69) is 26.8 Å². The highest BCUT2D eigenvalue weighted by Gasteiger charge is 2.78. The van der Waals surface area contributed by atoms with Crippen LogP contribution in [-0.2, 0) is 9.53 Å². The summed E-state index contributed by atoms with van der Waals surface area (Å²) >= 11 is 0. The Morgan fingerprint density at radius 2 is 1.91 bits per heavy atom. The monoisotopic (exact) mass is 434 g/mol. The molecular weight excluding hydrogens is 400 g/mol. The molecule has 0 bridgehead atoms. The van der Waals surface area contributed by atoms with Crippen molar-refractivity contribution in [3.8, 4) is 5.75 Å². The molecule has 2 saturated carbocycles. The Kier molecular flexibility index (Phi) is 4.25. The van der Waals surface area contributed by atoms with Crippen LogP contribution in [0.1, 0.15) is 59.3 Å². The number of para-hydroxylation sites is 1. The van der Waals surface area contributed by atoms with Gasteiger partial charge in [-0.05, 0) is 68.1 Å². The second-order valence-corrected chi connectivity index (χ2v) is 11.4. The quantitative estimate of drug-likeness (QED) is 0.523. The molecule has 4 heteroatoms. The topological polar surface area (TPSA) is 59.1 Å². The molecule has 0 aromatic heterocycles. The highest BCUT2D eigenvalue weighted by atomic mass is 16.8. The predicted octanol–water partition coefficient (Wildman–Crippen LogP) is 5.22. The molecule has 6 rings (SSSR count). The van der Waals surface area contributed by atoms with Crippen LogP contribution in [0.3, 0.4) is 0 Å². The van der Waals surface area contributed by atoms with Gasteiger partial charge in [-0.1, -0.05) is 56.2 Å². The van der Waals surface area contributed by atoms with Gasteiger partial charge in [-0.3, -0.25) is 4.79 Å². The zero-order valence-electron chi connectivity index (χ0n) is 19.4. The molecule has 1 N–H and O–H groups in total. The van der Waals surface area contributed by atoms with Crippen LogP contribution in [-0.4, -0.2) is 28.9 Å². The van der Waals surface area contributed by atoms with E-state index in [0.717, 1.165) is 37.9 Å². The van der Waals surface area contributed by atoms with Crippen molar-refractivity contribution in [1.82, 2.24) is 0 Å². The van der Waals surface area contributed by atoms with Crippen LogP contribution < -0.4 is 4.74 Å². The fourth-order valence-electron chi connectivity index (χ4n) is 8.11. The minimum absolute atomic E-state index is 0.0103. The second kappa shape index (κ2) is 6.57. The third-order valence-corrected chi connectivity index (χ3v) is 9.93. The first-order valence-electron chi connectivity index (χ1n) is 12.3. The number of hydrogen-bond acceptors (Lipinski definition) is 4. The van der Waals surface area contributed by atoms with E-state index in [1.807, 2.05) is 36.4 Å². The molecule has 4 nitrogen and oxygen atoms in total. The number of fused-ring (bicyclic) bond motifs is 5. The van der Waals surface area contributed by atoms with Gasteiger partial charge in [-0.25, -0.2) is 0 Å². The molecule has 3 fully saturated rings. The minimum atomic E-state index is -1.05. The maximum Gasteiger partial charge on any atom is 0.264 e. The molecule has 0 amide bonds. The number of benzene rings is 1. The number of carbonyl (C=O) groups excluding carboxylic acids is 1. The van der Waals surface area contributed by atoms with Crippen molar-refractivity contribution in [2.24, 2.45) is 28.6 Å². The van der Waals surface area contributed by atoms with Crippen LogP contribution in [0.5, 0.6) is 5.75 Å². The summed E-state index contributed by atoms with van der Waals surface area (Å²) in [7, 11) is 0. The maximum atomic E-state index is 12.5. The first-order chi connectivity index (χ1) is 15.2. The largest absolute Gasteiger partial charge is 0.457 e. The van der Waals surface area contributed by atoms with Crippen molar-refractivity contribution < 1.29 is 19.4 Å². The summed E-state index contributed by atoms with van der Waals surface area (Å²) in [5.41, 5.74) is 1.50. The zero-order valence-corrected chi connectivity index (χ0v) is 19.4. The third-order valence-electron chi connectivity index (χ3n) is 9.93. The van der Waals surface area contributed by atoms with Crippen molar-refractivity contribution in [3.05, 3.63) is 53.6 Å². The third kappa shape index (κ3) is 2.48. The molecule has 1 heterocycles. The van der Waals surface area contributed by atoms with Crippen LogP contribution in [0.2, 0.25) is 0 Å². The van der Waals surface area contributed by atoms with E-state index in [0.29, 0.717) is 24.9 Å². The number of hydrogen-bond donors (Lipinski definition) is 1. The molecule has 0 spiro atoms. The van der Waals surface area contributed by atoms with E-state index < -0.39 is 11.4 Å². The first-order valence-corrected chi connectivity index (χ1v) is 12.3. The van der Waals surface area contributed by atoms with Gasteiger partial charge in [-0.15, -0.1) is 0 Å². The Morgan fingerprint density at radius 3 is 2.62 bits per heavy atom. The van der Waals surface area contributed by atoms with E-state index >= 15 is 0 Å². The molecule has 170 valence electrons. The Labute approximate surface area is 190 Å². The van der Waals surface area contributed by atoms with E-state index in [1.165, 1.54) is 11.1 Å². The van der Waals surface area contributed by atoms with Gasteiger partial charge in [0.25, 0.3) is 5.79 Å². The lowest BCUT2D eigenvalue weighted by atomic mass is 9.50. The molecule has 0 radical (unpaired) electrons. The van der Waals surface area contributed by atoms with Gasteiger partial charge in [0.2, 0.25) is 0 Å². The van der Waals surface area contributed by atoms with Crippen molar-refractivity contribution in [2.75, 3.05) is 6.61 Å². The summed E-state index contributed by atoms with van der Waals surface area (Å²) < 4.78 is 12.4. The summed E-state index contributed by atoms with van der Waals surface area (Å²) in [5, 5.41) is 12.5.